The first kappa shape index (κ1) is 50.2. The van der Waals surface area contributed by atoms with Crippen molar-refractivity contribution in [3.8, 4) is 11.1 Å². The molecule has 2 aliphatic heterocycles. The minimum atomic E-state index is -1.13. The highest BCUT2D eigenvalue weighted by molar-refractivity contribution is 5.97. The number of aryl methyl sites for hydroxylation is 1. The van der Waals surface area contributed by atoms with Crippen LogP contribution in [0.25, 0.3) is 11.1 Å². The van der Waals surface area contributed by atoms with Crippen molar-refractivity contribution in [1.82, 2.24) is 31.5 Å². The molecule has 2 heterocycles. The summed E-state index contributed by atoms with van der Waals surface area (Å²) in [4.78, 5) is 96.9. The van der Waals surface area contributed by atoms with E-state index in [0.29, 0.717) is 49.2 Å². The third-order valence-corrected chi connectivity index (χ3v) is 12.2. The summed E-state index contributed by atoms with van der Waals surface area (Å²) in [5, 5.41) is 14.4. The number of hydrogen-bond donors (Lipinski definition) is 6. The van der Waals surface area contributed by atoms with Crippen LogP contribution < -0.4 is 32.3 Å². The van der Waals surface area contributed by atoms with Crippen molar-refractivity contribution in [2.45, 2.75) is 64.1 Å². The fraction of sp³-hybridized carbons (Fsp3) is 0.365. The van der Waals surface area contributed by atoms with E-state index in [4.69, 9.17) is 15.2 Å². The lowest BCUT2D eigenvalue weighted by molar-refractivity contribution is -0.141. The van der Waals surface area contributed by atoms with Crippen LogP contribution in [0.15, 0.2) is 109 Å². The molecule has 6 rings (SSSR count). The summed E-state index contributed by atoms with van der Waals surface area (Å²) < 4.78 is 10.3. The zero-order valence-corrected chi connectivity index (χ0v) is 38.6. The molecule has 0 spiro atoms. The molecule has 4 aromatic rings. The third kappa shape index (κ3) is 13.9. The highest BCUT2D eigenvalue weighted by atomic mass is 16.5. The fourth-order valence-electron chi connectivity index (χ4n) is 8.63. The van der Waals surface area contributed by atoms with Crippen LogP contribution in [0.1, 0.15) is 57.4 Å². The average molecular weight is 928 g/mol. The molecule has 0 aliphatic carbocycles. The number of piperidine rings is 1. The minimum Gasteiger partial charge on any atom is -0.465 e. The summed E-state index contributed by atoms with van der Waals surface area (Å²) >= 11 is 0. The number of esters is 1. The number of nitrogens with one attached hydrogen (secondary N) is 5. The predicted octanol–water partition coefficient (Wildman–Crippen LogP) is 2.84. The number of hydrogen-bond acceptors (Lipinski definition) is 10. The molecular weight excluding hydrogens is 867 g/mol. The summed E-state index contributed by atoms with van der Waals surface area (Å²) in [7, 11) is 1.34. The van der Waals surface area contributed by atoms with Gasteiger partial charge >= 0.3 is 5.97 Å². The molecule has 4 aromatic carbocycles. The van der Waals surface area contributed by atoms with E-state index in [2.05, 4.69) is 26.6 Å². The Balaban J connectivity index is 1.31. The van der Waals surface area contributed by atoms with Gasteiger partial charge in [-0.25, -0.2) is 4.79 Å². The third-order valence-electron chi connectivity index (χ3n) is 12.2. The Labute approximate surface area is 396 Å². The van der Waals surface area contributed by atoms with Gasteiger partial charge in [-0.15, -0.1) is 0 Å². The van der Waals surface area contributed by atoms with Crippen molar-refractivity contribution in [3.63, 3.8) is 0 Å². The van der Waals surface area contributed by atoms with Gasteiger partial charge < -0.3 is 46.7 Å². The number of carbonyl (C=O) groups is 7. The molecule has 0 radical (unpaired) electrons. The molecule has 16 nitrogen and oxygen atoms in total. The number of amides is 6. The van der Waals surface area contributed by atoms with Crippen molar-refractivity contribution in [2.75, 3.05) is 53.0 Å². The highest BCUT2D eigenvalue weighted by Crippen LogP contribution is 2.35. The lowest BCUT2D eigenvalue weighted by Gasteiger charge is -2.42. The Morgan fingerprint density at radius 1 is 0.853 bits per heavy atom. The Morgan fingerprint density at radius 2 is 1.60 bits per heavy atom. The van der Waals surface area contributed by atoms with Gasteiger partial charge in [-0.05, 0) is 83.7 Å². The molecular formula is C52H61N7O9. The van der Waals surface area contributed by atoms with Crippen LogP contribution in [0.2, 0.25) is 0 Å². The van der Waals surface area contributed by atoms with Gasteiger partial charge in [0, 0.05) is 57.8 Å². The lowest BCUT2D eigenvalue weighted by atomic mass is 9.74. The normalized spacial score (nSPS) is 20.2. The SMILES string of the molecule is COC(=O)c1ccc(-c2ccc(C[C@@H]3NC(=O)[C@]4(Cc5ccccc5)CCCN(C4)C(=O)/C=C/C(=O)NCC[C@@H](C(=O)NCCOCCN)NC(=O)Cc4ccccc4CNC3=O)cc2)c(C)c1. The number of carbonyl (C=O) groups excluding carboxylic acids is 7. The van der Waals surface area contributed by atoms with Crippen molar-refractivity contribution in [3.05, 3.63) is 143 Å². The van der Waals surface area contributed by atoms with Crippen LogP contribution in [0.3, 0.4) is 0 Å². The number of rotatable bonds is 12. The van der Waals surface area contributed by atoms with Crippen LogP contribution in [-0.2, 0) is 64.0 Å². The van der Waals surface area contributed by atoms with Gasteiger partial charge in [0.25, 0.3) is 0 Å². The zero-order chi connectivity index (χ0) is 48.5. The van der Waals surface area contributed by atoms with Crippen molar-refractivity contribution in [1.29, 1.82) is 0 Å². The first-order valence-corrected chi connectivity index (χ1v) is 23.0. The average Bonchev–Trinajstić information content (AvgIpc) is 3.34. The van der Waals surface area contributed by atoms with E-state index in [9.17, 15) is 33.6 Å². The number of benzene rings is 4. The van der Waals surface area contributed by atoms with Gasteiger partial charge in [0.2, 0.25) is 35.4 Å². The molecule has 3 atom stereocenters. The number of nitrogens with two attached hydrogens (primary N) is 1. The number of fused-ring (bicyclic) bond motifs is 3. The van der Waals surface area contributed by atoms with E-state index in [0.717, 1.165) is 40.0 Å². The maximum atomic E-state index is 15.0. The molecule has 0 unspecified atom stereocenters. The van der Waals surface area contributed by atoms with E-state index < -0.39 is 53.0 Å². The molecule has 68 heavy (non-hydrogen) atoms. The standard InChI is InChI=1S/C52H61N7O9/c1-35-29-40(50(65)67-2)17-18-42(35)38-15-13-36(14-16-38)30-44-49(64)56-33-41-12-7-6-11-39(41)31-46(61)57-43(48(63)55-25-28-68-27-23-53)21-24-54-45(60)19-20-47(62)59-26-8-22-52(34-59,51(66)58-44)32-37-9-4-3-5-10-37/h3-7,9-20,29,43-44H,8,21-28,30-34,53H2,1-2H3,(H,54,60)(H,55,63)(H,56,64)(H,57,61)(H,58,66)/b20-19+/t43-,44-,52-/m0/s1. The Bertz CT molecular complexity index is 2460. The summed E-state index contributed by atoms with van der Waals surface area (Å²) in [6.45, 7) is 3.37. The summed E-state index contributed by atoms with van der Waals surface area (Å²) in [5.41, 5.74) is 10.4. The van der Waals surface area contributed by atoms with Crippen LogP contribution in [0.5, 0.6) is 0 Å². The van der Waals surface area contributed by atoms with E-state index in [1.165, 1.54) is 7.11 Å². The topological polar surface area (TPSA) is 227 Å². The first-order valence-electron chi connectivity index (χ1n) is 23.0. The molecule has 16 heteroatoms. The summed E-state index contributed by atoms with van der Waals surface area (Å²) in [6.07, 6.45) is 3.54. The highest BCUT2D eigenvalue weighted by Gasteiger charge is 2.44. The second kappa shape index (κ2) is 24.6. The Hall–Kier alpha value is -7.17. The molecule has 0 aromatic heterocycles. The lowest BCUT2D eigenvalue weighted by Crippen LogP contribution is -2.58. The fourth-order valence-corrected chi connectivity index (χ4v) is 8.63. The van der Waals surface area contributed by atoms with Gasteiger partial charge in [0.05, 0.1) is 37.7 Å². The quantitative estimate of drug-likeness (QED) is 0.0900. The van der Waals surface area contributed by atoms with Crippen LogP contribution in [0.4, 0.5) is 0 Å². The van der Waals surface area contributed by atoms with Crippen LogP contribution >= 0.6 is 0 Å². The molecule has 7 N–H and O–H groups in total. The minimum absolute atomic E-state index is 0.00332. The Morgan fingerprint density at radius 3 is 2.34 bits per heavy atom. The van der Waals surface area contributed by atoms with Gasteiger partial charge in [-0.1, -0.05) is 84.9 Å². The largest absolute Gasteiger partial charge is 0.465 e. The molecule has 1 fully saturated rings. The summed E-state index contributed by atoms with van der Waals surface area (Å²) in [5.74, 6) is -3.25. The maximum Gasteiger partial charge on any atom is 0.337 e. The van der Waals surface area contributed by atoms with Gasteiger partial charge in [-0.3, -0.25) is 28.8 Å². The number of methoxy groups -OCH3 is 1. The van der Waals surface area contributed by atoms with Gasteiger partial charge in [0.15, 0.2) is 0 Å². The van der Waals surface area contributed by atoms with Crippen molar-refractivity contribution < 1.29 is 43.0 Å². The van der Waals surface area contributed by atoms with E-state index >= 15 is 0 Å². The van der Waals surface area contributed by atoms with E-state index in [-0.39, 0.29) is 64.4 Å². The van der Waals surface area contributed by atoms with Crippen molar-refractivity contribution >= 4 is 41.4 Å². The molecule has 2 aliphatic rings. The number of ether oxygens (including phenoxy) is 2. The Kier molecular flexibility index (Phi) is 18.1. The molecule has 2 bridgehead atoms. The summed E-state index contributed by atoms with van der Waals surface area (Å²) in [6, 6.07) is 27.5. The van der Waals surface area contributed by atoms with E-state index in [1.54, 1.807) is 41.3 Å². The van der Waals surface area contributed by atoms with Gasteiger partial charge in [0.1, 0.15) is 12.1 Å². The molecule has 6 amide bonds. The monoisotopic (exact) mass is 927 g/mol. The van der Waals surface area contributed by atoms with E-state index in [1.807, 2.05) is 67.6 Å². The van der Waals surface area contributed by atoms with Crippen molar-refractivity contribution in [2.24, 2.45) is 11.1 Å². The first-order chi connectivity index (χ1) is 32.9. The van der Waals surface area contributed by atoms with Gasteiger partial charge in [-0.2, -0.15) is 0 Å². The zero-order valence-electron chi connectivity index (χ0n) is 38.6. The van der Waals surface area contributed by atoms with Crippen LogP contribution in [0, 0.1) is 12.3 Å². The molecule has 0 saturated carbocycles. The number of nitrogens with zero attached hydrogens (tertiary/aromatic N) is 1. The molecule has 1 saturated heterocycles. The maximum absolute atomic E-state index is 15.0. The second-order valence-electron chi connectivity index (χ2n) is 17.1. The molecule has 358 valence electrons. The predicted molar refractivity (Wildman–Crippen MR) is 256 cm³/mol. The van der Waals surface area contributed by atoms with Crippen LogP contribution in [-0.4, -0.2) is 111 Å². The smallest absolute Gasteiger partial charge is 0.337 e. The second-order valence-corrected chi connectivity index (χ2v) is 17.1.